The number of aliphatic hydroxyl groups is 1. The Kier molecular flexibility index (Phi) is 3.63. The maximum Gasteiger partial charge on any atom is 0.290 e. The van der Waals surface area contributed by atoms with E-state index in [2.05, 4.69) is 4.98 Å². The molecule has 0 aromatic carbocycles. The molecule has 4 unspecified atom stereocenters. The Balaban J connectivity index is 1.98. The van der Waals surface area contributed by atoms with Gasteiger partial charge in [-0.1, -0.05) is 18.3 Å². The van der Waals surface area contributed by atoms with Crippen molar-refractivity contribution in [3.05, 3.63) is 15.8 Å². The van der Waals surface area contributed by atoms with Crippen molar-refractivity contribution in [3.63, 3.8) is 0 Å². The number of ketones is 1. The zero-order valence-corrected chi connectivity index (χ0v) is 13.1. The number of hydroxylamine groups is 2. The Morgan fingerprint density at radius 2 is 2.24 bits per heavy atom. The normalized spacial score (nSPS) is 37.0. The van der Waals surface area contributed by atoms with Crippen LogP contribution in [-0.2, 0) is 11.2 Å². The Hall–Kier alpha value is -0.900. The first-order chi connectivity index (χ1) is 9.86. The van der Waals surface area contributed by atoms with Gasteiger partial charge in [0.15, 0.2) is 12.0 Å². The van der Waals surface area contributed by atoms with E-state index in [1.807, 2.05) is 6.92 Å². The second-order valence-electron chi connectivity index (χ2n) is 5.94. The minimum Gasteiger partial charge on any atom is -0.623 e. The maximum atomic E-state index is 13.0. The molecule has 0 radical (unpaired) electrons. The second kappa shape index (κ2) is 5.08. The Bertz CT molecular complexity index is 578. The van der Waals surface area contributed by atoms with Crippen LogP contribution in [-0.4, -0.2) is 54.1 Å². The standard InChI is InChI=1S/C13H19N3O4S/c1-7-4-8-10(9(17)5-7)21-13(14-8)16(19)6-15(2)11(20-3)12(16)18/h7,11-12,18H,4-6H2,1-3H3. The third kappa shape index (κ3) is 2.23. The molecule has 1 aromatic rings. The molecule has 2 heterocycles. The number of hydrogen-bond donors (Lipinski definition) is 1. The molecule has 0 bridgehead atoms. The predicted molar refractivity (Wildman–Crippen MR) is 78.5 cm³/mol. The molecule has 1 N–H and O–H groups in total. The summed E-state index contributed by atoms with van der Waals surface area (Å²) in [5.41, 5.74) is 0.697. The Morgan fingerprint density at radius 3 is 2.86 bits per heavy atom. The fourth-order valence-corrected chi connectivity index (χ4v) is 4.18. The lowest BCUT2D eigenvalue weighted by Crippen LogP contribution is -2.50. The average Bonchev–Trinajstić information content (AvgIpc) is 2.91. The van der Waals surface area contributed by atoms with Gasteiger partial charge < -0.3 is 15.1 Å². The third-order valence-corrected chi connectivity index (χ3v) is 5.38. The number of rotatable bonds is 2. The first-order valence-electron chi connectivity index (χ1n) is 6.90. The van der Waals surface area contributed by atoms with Gasteiger partial charge in [-0.2, -0.15) is 4.98 Å². The monoisotopic (exact) mass is 313 g/mol. The minimum absolute atomic E-state index is 0.0458. The van der Waals surface area contributed by atoms with E-state index in [1.165, 1.54) is 7.11 Å². The van der Waals surface area contributed by atoms with Gasteiger partial charge in [0.05, 0.1) is 10.6 Å². The largest absolute Gasteiger partial charge is 0.623 e. The van der Waals surface area contributed by atoms with Gasteiger partial charge in [0, 0.05) is 13.5 Å². The van der Waals surface area contributed by atoms with Crippen molar-refractivity contribution >= 4 is 22.3 Å². The number of aromatic nitrogens is 1. The second-order valence-corrected chi connectivity index (χ2v) is 6.92. The number of quaternary nitrogens is 1. The molecule has 4 atom stereocenters. The Morgan fingerprint density at radius 1 is 1.52 bits per heavy atom. The molecule has 1 aromatic heterocycles. The van der Waals surface area contributed by atoms with Crippen LogP contribution in [0.5, 0.6) is 0 Å². The van der Waals surface area contributed by atoms with E-state index in [4.69, 9.17) is 4.74 Å². The van der Waals surface area contributed by atoms with Crippen LogP contribution in [0.2, 0.25) is 0 Å². The molecule has 8 heteroatoms. The first-order valence-corrected chi connectivity index (χ1v) is 7.71. The van der Waals surface area contributed by atoms with Crippen molar-refractivity contribution in [2.45, 2.75) is 32.2 Å². The third-order valence-electron chi connectivity index (χ3n) is 4.13. The lowest BCUT2D eigenvalue weighted by molar-refractivity contribution is -0.0742. The topological polar surface area (TPSA) is 85.7 Å². The summed E-state index contributed by atoms with van der Waals surface area (Å²) < 4.78 is 4.19. The van der Waals surface area contributed by atoms with E-state index >= 15 is 0 Å². The average molecular weight is 313 g/mol. The highest BCUT2D eigenvalue weighted by Gasteiger charge is 2.49. The molecule has 116 valence electrons. The lowest BCUT2D eigenvalue weighted by Gasteiger charge is -2.37. The highest BCUT2D eigenvalue weighted by atomic mass is 32.1. The number of aliphatic hydroxyl groups excluding tert-OH is 1. The molecule has 1 aliphatic carbocycles. The number of Topliss-reactive ketones (excluding diaryl/α,β-unsaturated/α-hetero) is 1. The smallest absolute Gasteiger partial charge is 0.290 e. The summed E-state index contributed by atoms with van der Waals surface area (Å²) in [7, 11) is 3.17. The zero-order valence-electron chi connectivity index (χ0n) is 12.3. The van der Waals surface area contributed by atoms with Gasteiger partial charge >= 0.3 is 0 Å². The minimum atomic E-state index is -1.26. The molecule has 0 spiro atoms. The van der Waals surface area contributed by atoms with E-state index in [1.54, 1.807) is 11.9 Å². The molecule has 7 nitrogen and oxygen atoms in total. The fourth-order valence-electron chi connectivity index (χ4n) is 3.07. The number of likely N-dealkylation sites (N-methyl/N-ethyl adjacent to an activating group) is 1. The molecule has 3 rings (SSSR count). The summed E-state index contributed by atoms with van der Waals surface area (Å²) in [6, 6.07) is 0. The van der Waals surface area contributed by atoms with Crippen LogP contribution in [0.25, 0.3) is 0 Å². The van der Waals surface area contributed by atoms with Crippen LogP contribution < -0.4 is 4.65 Å². The first kappa shape index (κ1) is 15.0. The molecule has 21 heavy (non-hydrogen) atoms. The predicted octanol–water partition coefficient (Wildman–Crippen LogP) is 0.907. The molecule has 1 fully saturated rings. The van der Waals surface area contributed by atoms with Crippen molar-refractivity contribution in [2.75, 3.05) is 20.8 Å². The molecule has 1 aliphatic heterocycles. The van der Waals surface area contributed by atoms with Crippen LogP contribution in [0.4, 0.5) is 5.13 Å². The molecule has 2 aliphatic rings. The quantitative estimate of drug-likeness (QED) is 0.645. The molecule has 0 saturated carbocycles. The lowest BCUT2D eigenvalue weighted by atomic mass is 9.92. The summed E-state index contributed by atoms with van der Waals surface area (Å²) in [6.07, 6.45) is -0.730. The van der Waals surface area contributed by atoms with Crippen molar-refractivity contribution < 1.29 is 14.6 Å². The number of carbonyl (C=O) groups excluding carboxylic acids is 1. The fraction of sp³-hybridized carbons (Fsp3) is 0.692. The van der Waals surface area contributed by atoms with Gasteiger partial charge in [-0.3, -0.25) is 9.44 Å². The highest BCUT2D eigenvalue weighted by molar-refractivity contribution is 7.17. The van der Waals surface area contributed by atoms with Gasteiger partial charge in [-0.15, -0.1) is 0 Å². The van der Waals surface area contributed by atoms with Gasteiger partial charge in [0.2, 0.25) is 6.23 Å². The van der Waals surface area contributed by atoms with E-state index in [-0.39, 0.29) is 23.5 Å². The number of methoxy groups -OCH3 is 1. The van der Waals surface area contributed by atoms with Crippen LogP contribution in [0.15, 0.2) is 0 Å². The van der Waals surface area contributed by atoms with Crippen LogP contribution in [0, 0.1) is 11.1 Å². The van der Waals surface area contributed by atoms with Gasteiger partial charge in [-0.25, -0.2) is 4.90 Å². The van der Waals surface area contributed by atoms with Crippen molar-refractivity contribution in [2.24, 2.45) is 5.92 Å². The number of nitrogens with zero attached hydrogens (tertiary/aromatic N) is 3. The van der Waals surface area contributed by atoms with Crippen molar-refractivity contribution in [3.8, 4) is 0 Å². The SMILES string of the molecule is COC1C(O)[N+]([O-])(c2nc3c(s2)C(=O)CC(C)C3)CN1C. The number of carbonyl (C=O) groups is 1. The maximum absolute atomic E-state index is 13.0. The van der Waals surface area contributed by atoms with Gasteiger partial charge in [-0.05, 0) is 19.4 Å². The van der Waals surface area contributed by atoms with Crippen molar-refractivity contribution in [1.29, 1.82) is 0 Å². The van der Waals surface area contributed by atoms with Gasteiger partial charge in [0.1, 0.15) is 6.67 Å². The zero-order chi connectivity index (χ0) is 15.4. The summed E-state index contributed by atoms with van der Waals surface area (Å²) in [5.74, 6) is 0.294. The molecular formula is C13H19N3O4S. The van der Waals surface area contributed by atoms with E-state index in [0.717, 1.165) is 11.3 Å². The van der Waals surface area contributed by atoms with Gasteiger partial charge in [0.25, 0.3) is 5.13 Å². The van der Waals surface area contributed by atoms with E-state index in [0.29, 0.717) is 23.4 Å². The number of ether oxygens (including phenoxy) is 1. The molecule has 1 saturated heterocycles. The van der Waals surface area contributed by atoms with Crippen LogP contribution >= 0.6 is 11.3 Å². The number of hydrogen-bond acceptors (Lipinski definition) is 7. The van der Waals surface area contributed by atoms with Crippen LogP contribution in [0.1, 0.15) is 28.7 Å². The summed E-state index contributed by atoms with van der Waals surface area (Å²) >= 11 is 1.12. The Labute approximate surface area is 126 Å². The molecule has 0 amide bonds. The van der Waals surface area contributed by atoms with E-state index < -0.39 is 17.1 Å². The van der Waals surface area contributed by atoms with Crippen LogP contribution in [0.3, 0.4) is 0 Å². The van der Waals surface area contributed by atoms with Crippen molar-refractivity contribution in [1.82, 2.24) is 14.5 Å². The summed E-state index contributed by atoms with van der Waals surface area (Å²) in [5, 5.41) is 23.5. The number of fused-ring (bicyclic) bond motifs is 1. The number of thiazole rings is 1. The summed E-state index contributed by atoms with van der Waals surface area (Å²) in [6.45, 7) is 2.05. The highest BCUT2D eigenvalue weighted by Crippen LogP contribution is 2.40. The van der Waals surface area contributed by atoms with E-state index in [9.17, 15) is 15.1 Å². The molecular weight excluding hydrogens is 294 g/mol. The summed E-state index contributed by atoms with van der Waals surface area (Å²) in [4.78, 5) is 18.7.